The van der Waals surface area contributed by atoms with Crippen molar-refractivity contribution in [2.24, 2.45) is 0 Å². The molecule has 0 amide bonds. The zero-order valence-corrected chi connectivity index (χ0v) is 20.1. The van der Waals surface area contributed by atoms with Crippen LogP contribution in [0.2, 0.25) is 15.1 Å². The summed E-state index contributed by atoms with van der Waals surface area (Å²) in [4.78, 5) is 2.25. The summed E-state index contributed by atoms with van der Waals surface area (Å²) in [5.74, 6) is 0. The second-order valence-electron chi connectivity index (χ2n) is 7.71. The van der Waals surface area contributed by atoms with Crippen LogP contribution in [0.25, 0.3) is 12.2 Å². The van der Waals surface area contributed by atoms with Gasteiger partial charge >= 0.3 is 0 Å². The Morgan fingerprint density at radius 1 is 0.562 bits per heavy atom. The molecule has 4 rings (SSSR count). The highest BCUT2D eigenvalue weighted by Crippen LogP contribution is 2.35. The first-order valence-electron chi connectivity index (χ1n) is 10.3. The Bertz CT molecular complexity index is 1170. The normalized spacial score (nSPS) is 11.2. The number of hydrogen-bond donors (Lipinski definition) is 0. The van der Waals surface area contributed by atoms with Crippen LogP contribution >= 0.6 is 34.8 Å². The number of benzene rings is 4. The maximum absolute atomic E-state index is 6.30. The topological polar surface area (TPSA) is 3.24 Å². The quantitative estimate of drug-likeness (QED) is 0.258. The molecule has 0 saturated carbocycles. The van der Waals surface area contributed by atoms with Gasteiger partial charge in [-0.15, -0.1) is 0 Å². The van der Waals surface area contributed by atoms with Gasteiger partial charge in [0, 0.05) is 27.6 Å². The lowest BCUT2D eigenvalue weighted by molar-refractivity contribution is 1.27. The zero-order chi connectivity index (χ0) is 22.7. The minimum Gasteiger partial charge on any atom is -0.311 e. The molecule has 0 aliphatic rings. The van der Waals surface area contributed by atoms with Crippen molar-refractivity contribution in [2.45, 2.75) is 13.8 Å². The molecule has 0 aliphatic carbocycles. The van der Waals surface area contributed by atoms with Crippen molar-refractivity contribution in [2.75, 3.05) is 4.90 Å². The molecule has 0 N–H and O–H groups in total. The molecule has 160 valence electrons. The van der Waals surface area contributed by atoms with Crippen molar-refractivity contribution < 1.29 is 0 Å². The third-order valence-electron chi connectivity index (χ3n) is 5.22. The summed E-state index contributed by atoms with van der Waals surface area (Å²) in [6, 6.07) is 28.9. The molecular weight excluding hydrogens is 457 g/mol. The predicted molar refractivity (Wildman–Crippen MR) is 141 cm³/mol. The average molecular weight is 479 g/mol. The molecule has 0 aromatic heterocycles. The Morgan fingerprint density at radius 3 is 1.41 bits per heavy atom. The van der Waals surface area contributed by atoms with Crippen LogP contribution in [-0.4, -0.2) is 0 Å². The third kappa shape index (κ3) is 5.19. The molecule has 32 heavy (non-hydrogen) atoms. The summed E-state index contributed by atoms with van der Waals surface area (Å²) in [5.41, 5.74) is 7.57. The fourth-order valence-electron chi connectivity index (χ4n) is 3.46. The second kappa shape index (κ2) is 9.83. The van der Waals surface area contributed by atoms with E-state index in [0.717, 1.165) is 28.2 Å². The summed E-state index contributed by atoms with van der Waals surface area (Å²) in [7, 11) is 0. The molecule has 4 aromatic carbocycles. The molecule has 0 radical (unpaired) electrons. The molecule has 0 unspecified atom stereocenters. The third-order valence-corrected chi connectivity index (χ3v) is 6.07. The first-order chi connectivity index (χ1) is 15.4. The van der Waals surface area contributed by atoms with Gasteiger partial charge in [0.2, 0.25) is 0 Å². The van der Waals surface area contributed by atoms with E-state index < -0.39 is 0 Å². The number of halogens is 3. The highest BCUT2D eigenvalue weighted by atomic mass is 35.5. The largest absolute Gasteiger partial charge is 0.311 e. The van der Waals surface area contributed by atoms with Gasteiger partial charge in [-0.1, -0.05) is 94.5 Å². The van der Waals surface area contributed by atoms with Crippen LogP contribution in [0.3, 0.4) is 0 Å². The number of rotatable bonds is 5. The van der Waals surface area contributed by atoms with Crippen LogP contribution in [0.15, 0.2) is 84.9 Å². The summed E-state index contributed by atoms with van der Waals surface area (Å²) >= 11 is 18.6. The molecule has 4 aromatic rings. The van der Waals surface area contributed by atoms with Gasteiger partial charge in [-0.05, 0) is 67.9 Å². The fourth-order valence-corrected chi connectivity index (χ4v) is 4.40. The lowest BCUT2D eigenvalue weighted by Crippen LogP contribution is -2.09. The lowest BCUT2D eigenvalue weighted by Gasteiger charge is -2.25. The Kier molecular flexibility index (Phi) is 6.91. The molecule has 0 atom stereocenters. The summed E-state index contributed by atoms with van der Waals surface area (Å²) < 4.78 is 0. The molecule has 0 spiro atoms. The van der Waals surface area contributed by atoms with Gasteiger partial charge < -0.3 is 4.90 Å². The Morgan fingerprint density at radius 2 is 0.969 bits per heavy atom. The van der Waals surface area contributed by atoms with Crippen LogP contribution in [0.5, 0.6) is 0 Å². The monoisotopic (exact) mass is 477 g/mol. The predicted octanol–water partition coefficient (Wildman–Crippen LogP) is 9.90. The summed E-state index contributed by atoms with van der Waals surface area (Å²) in [6.07, 6.45) is 3.90. The van der Waals surface area contributed by atoms with E-state index in [-0.39, 0.29) is 0 Å². The van der Waals surface area contributed by atoms with E-state index in [9.17, 15) is 0 Å². The van der Waals surface area contributed by atoms with E-state index in [0.29, 0.717) is 15.1 Å². The van der Waals surface area contributed by atoms with Gasteiger partial charge in [-0.2, -0.15) is 0 Å². The number of hydrogen-bond acceptors (Lipinski definition) is 1. The van der Waals surface area contributed by atoms with Crippen LogP contribution in [0, 0.1) is 13.8 Å². The maximum Gasteiger partial charge on any atom is 0.0508 e. The molecule has 0 heterocycles. The van der Waals surface area contributed by atoms with Crippen molar-refractivity contribution in [3.05, 3.63) is 122 Å². The van der Waals surface area contributed by atoms with Gasteiger partial charge in [0.05, 0.1) is 10.0 Å². The molecule has 0 aliphatic heterocycles. The Labute approximate surface area is 204 Å². The van der Waals surface area contributed by atoms with Crippen molar-refractivity contribution in [1.29, 1.82) is 0 Å². The SMILES string of the molecule is Cc1ccc(N(c2ccc(C)cc2)c2ccc(C=Cc3c(Cl)cc(Cl)cc3Cl)cc2)cc1. The van der Waals surface area contributed by atoms with Gasteiger partial charge in [0.1, 0.15) is 0 Å². The standard InChI is InChI=1S/C28H22Cl3N/c1-19-3-10-23(11-4-19)32(24-12-5-20(2)6-13-24)25-14-7-21(8-15-25)9-16-26-27(30)17-22(29)18-28(26)31/h3-18H,1-2H3. The van der Waals surface area contributed by atoms with Gasteiger partial charge in [-0.25, -0.2) is 0 Å². The first-order valence-corrected chi connectivity index (χ1v) is 11.4. The van der Waals surface area contributed by atoms with Crippen molar-refractivity contribution >= 4 is 64.0 Å². The maximum atomic E-state index is 6.30. The van der Waals surface area contributed by atoms with Crippen LogP contribution < -0.4 is 4.90 Å². The van der Waals surface area contributed by atoms with Crippen LogP contribution in [0.4, 0.5) is 17.1 Å². The fraction of sp³-hybridized carbons (Fsp3) is 0.0714. The van der Waals surface area contributed by atoms with Crippen LogP contribution in [0.1, 0.15) is 22.3 Å². The smallest absolute Gasteiger partial charge is 0.0508 e. The Balaban J connectivity index is 1.66. The molecule has 0 bridgehead atoms. The summed E-state index contributed by atoms with van der Waals surface area (Å²) in [5, 5.41) is 1.58. The molecule has 0 fully saturated rings. The van der Waals surface area contributed by atoms with E-state index in [2.05, 4.69) is 91.5 Å². The lowest BCUT2D eigenvalue weighted by atomic mass is 10.1. The van der Waals surface area contributed by atoms with Crippen molar-refractivity contribution in [1.82, 2.24) is 0 Å². The highest BCUT2D eigenvalue weighted by molar-refractivity contribution is 6.40. The number of anilines is 3. The molecule has 0 saturated heterocycles. The second-order valence-corrected chi connectivity index (χ2v) is 8.97. The van der Waals surface area contributed by atoms with Crippen molar-refractivity contribution in [3.8, 4) is 0 Å². The molecule has 1 nitrogen and oxygen atoms in total. The van der Waals surface area contributed by atoms with E-state index in [1.807, 2.05) is 12.2 Å². The first kappa shape index (κ1) is 22.5. The van der Waals surface area contributed by atoms with Crippen molar-refractivity contribution in [3.63, 3.8) is 0 Å². The van der Waals surface area contributed by atoms with Gasteiger partial charge in [-0.3, -0.25) is 0 Å². The van der Waals surface area contributed by atoms with E-state index >= 15 is 0 Å². The highest BCUT2D eigenvalue weighted by Gasteiger charge is 2.12. The van der Waals surface area contributed by atoms with Gasteiger partial charge in [0.15, 0.2) is 0 Å². The number of nitrogens with zero attached hydrogens (tertiary/aromatic N) is 1. The Hall–Kier alpha value is -2.71. The zero-order valence-electron chi connectivity index (χ0n) is 17.8. The van der Waals surface area contributed by atoms with E-state index in [1.165, 1.54) is 11.1 Å². The minimum atomic E-state index is 0.522. The average Bonchev–Trinajstić information content (AvgIpc) is 2.77. The molecule has 4 heteroatoms. The van der Waals surface area contributed by atoms with Crippen LogP contribution in [-0.2, 0) is 0 Å². The molecular formula is C28H22Cl3N. The van der Waals surface area contributed by atoms with E-state index in [4.69, 9.17) is 34.8 Å². The van der Waals surface area contributed by atoms with E-state index in [1.54, 1.807) is 12.1 Å². The summed E-state index contributed by atoms with van der Waals surface area (Å²) in [6.45, 7) is 4.20. The minimum absolute atomic E-state index is 0.522. The van der Waals surface area contributed by atoms with Gasteiger partial charge in [0.25, 0.3) is 0 Å². The number of aryl methyl sites for hydroxylation is 2.